The molecule has 0 saturated heterocycles. The van der Waals surface area contributed by atoms with E-state index < -0.39 is 0 Å². The minimum atomic E-state index is 0.124. The smallest absolute Gasteiger partial charge is 0.148 e. The third kappa shape index (κ3) is 2.31. The number of ether oxygens (including phenoxy) is 1. The van der Waals surface area contributed by atoms with Crippen molar-refractivity contribution in [3.05, 3.63) is 5.69 Å². The Morgan fingerprint density at radius 1 is 1.47 bits per heavy atom. The Labute approximate surface area is 115 Å². The van der Waals surface area contributed by atoms with Crippen molar-refractivity contribution in [2.24, 2.45) is 5.41 Å². The molecule has 0 aromatic carbocycles. The number of hydrogen-bond donors (Lipinski definition) is 2. The van der Waals surface area contributed by atoms with E-state index in [1.165, 1.54) is 0 Å². The molecule has 1 saturated carbocycles. The van der Waals surface area contributed by atoms with Crippen LogP contribution in [0.25, 0.3) is 0 Å². The van der Waals surface area contributed by atoms with Gasteiger partial charge in [0.15, 0.2) is 0 Å². The number of nitrogens with one attached hydrogen (secondary N) is 1. The lowest BCUT2D eigenvalue weighted by atomic mass is 9.64. The summed E-state index contributed by atoms with van der Waals surface area (Å²) in [6, 6.07) is 0.382. The number of nitrogens with two attached hydrogens (primary N) is 1. The molecule has 2 rings (SSSR count). The van der Waals surface area contributed by atoms with Gasteiger partial charge in [0.05, 0.1) is 17.5 Å². The highest BCUT2D eigenvalue weighted by Crippen LogP contribution is 2.45. The van der Waals surface area contributed by atoms with Crippen LogP contribution in [-0.4, -0.2) is 28.5 Å². The average Bonchev–Trinajstić information content (AvgIpc) is 2.64. The van der Waals surface area contributed by atoms with E-state index in [1.807, 2.05) is 18.5 Å². The molecule has 1 aliphatic carbocycles. The van der Waals surface area contributed by atoms with E-state index in [-0.39, 0.29) is 5.41 Å². The SMILES string of the molecule is CCOC1CC(Nc2c(N)c(C)nn2CC)C1(C)C. The molecule has 2 atom stereocenters. The van der Waals surface area contributed by atoms with Crippen molar-refractivity contribution in [1.82, 2.24) is 9.78 Å². The normalized spacial score (nSPS) is 25.1. The van der Waals surface area contributed by atoms with Gasteiger partial charge in [-0.15, -0.1) is 0 Å². The quantitative estimate of drug-likeness (QED) is 0.859. The highest BCUT2D eigenvalue weighted by atomic mass is 16.5. The van der Waals surface area contributed by atoms with Crippen molar-refractivity contribution in [3.8, 4) is 0 Å². The van der Waals surface area contributed by atoms with Crippen LogP contribution in [0, 0.1) is 12.3 Å². The van der Waals surface area contributed by atoms with Gasteiger partial charge in [-0.1, -0.05) is 13.8 Å². The van der Waals surface area contributed by atoms with Crippen LogP contribution in [0.2, 0.25) is 0 Å². The first-order valence-corrected chi connectivity index (χ1v) is 7.12. The van der Waals surface area contributed by atoms with Gasteiger partial charge >= 0.3 is 0 Å². The van der Waals surface area contributed by atoms with E-state index in [9.17, 15) is 0 Å². The van der Waals surface area contributed by atoms with Crippen molar-refractivity contribution in [2.45, 2.75) is 59.7 Å². The summed E-state index contributed by atoms with van der Waals surface area (Å²) in [7, 11) is 0. The van der Waals surface area contributed by atoms with Crippen LogP contribution in [0.4, 0.5) is 11.5 Å². The van der Waals surface area contributed by atoms with Gasteiger partial charge in [0.2, 0.25) is 0 Å². The lowest BCUT2D eigenvalue weighted by Crippen LogP contribution is -2.58. The number of rotatable bonds is 5. The first kappa shape index (κ1) is 14.2. The topological polar surface area (TPSA) is 65.1 Å². The second-order valence-corrected chi connectivity index (χ2v) is 5.86. The van der Waals surface area contributed by atoms with Gasteiger partial charge in [0.25, 0.3) is 0 Å². The number of nitrogens with zero attached hydrogens (tertiary/aromatic N) is 2. The van der Waals surface area contributed by atoms with Crippen LogP contribution >= 0.6 is 0 Å². The molecule has 1 aromatic heterocycles. The lowest BCUT2D eigenvalue weighted by Gasteiger charge is -2.52. The van der Waals surface area contributed by atoms with Gasteiger partial charge in [-0.25, -0.2) is 4.68 Å². The summed E-state index contributed by atoms with van der Waals surface area (Å²) >= 11 is 0. The van der Waals surface area contributed by atoms with Crippen LogP contribution in [0.1, 0.15) is 39.8 Å². The molecule has 1 fully saturated rings. The van der Waals surface area contributed by atoms with Gasteiger partial charge < -0.3 is 15.8 Å². The predicted octanol–water partition coefficient (Wildman–Crippen LogP) is 2.41. The average molecular weight is 266 g/mol. The second kappa shape index (κ2) is 5.04. The Kier molecular flexibility index (Phi) is 3.76. The highest BCUT2D eigenvalue weighted by Gasteiger charge is 2.49. The summed E-state index contributed by atoms with van der Waals surface area (Å²) < 4.78 is 7.70. The molecule has 5 heteroatoms. The number of hydrogen-bond acceptors (Lipinski definition) is 4. The highest BCUT2D eigenvalue weighted by molar-refractivity contribution is 5.65. The van der Waals surface area contributed by atoms with Gasteiger partial charge in [0.1, 0.15) is 5.82 Å². The Balaban J connectivity index is 2.11. The van der Waals surface area contributed by atoms with E-state index in [1.54, 1.807) is 0 Å². The zero-order valence-corrected chi connectivity index (χ0v) is 12.7. The fourth-order valence-corrected chi connectivity index (χ4v) is 2.76. The Bertz CT molecular complexity index is 453. The molecule has 0 amide bonds. The molecule has 19 heavy (non-hydrogen) atoms. The van der Waals surface area contributed by atoms with Gasteiger partial charge in [-0.05, 0) is 27.2 Å². The maximum absolute atomic E-state index is 6.11. The third-order valence-corrected chi connectivity index (χ3v) is 4.33. The molecule has 2 unspecified atom stereocenters. The Morgan fingerprint density at radius 3 is 2.68 bits per heavy atom. The van der Waals surface area contributed by atoms with E-state index in [0.717, 1.165) is 36.8 Å². The van der Waals surface area contributed by atoms with Crippen molar-refractivity contribution >= 4 is 11.5 Å². The van der Waals surface area contributed by atoms with E-state index in [4.69, 9.17) is 10.5 Å². The summed E-state index contributed by atoms with van der Waals surface area (Å²) in [5.74, 6) is 0.952. The molecule has 1 aromatic rings. The molecule has 0 bridgehead atoms. The van der Waals surface area contributed by atoms with Gasteiger partial charge in [0, 0.05) is 24.6 Å². The number of anilines is 2. The molecule has 1 heterocycles. The summed E-state index contributed by atoms with van der Waals surface area (Å²) in [5, 5.41) is 8.00. The van der Waals surface area contributed by atoms with Crippen LogP contribution < -0.4 is 11.1 Å². The van der Waals surface area contributed by atoms with Crippen molar-refractivity contribution in [2.75, 3.05) is 17.7 Å². The zero-order valence-electron chi connectivity index (χ0n) is 12.7. The maximum Gasteiger partial charge on any atom is 0.148 e. The molecule has 1 aliphatic rings. The monoisotopic (exact) mass is 266 g/mol. The van der Waals surface area contributed by atoms with Crippen LogP contribution in [0.15, 0.2) is 0 Å². The molecular formula is C14H26N4O. The molecule has 108 valence electrons. The summed E-state index contributed by atoms with van der Waals surface area (Å²) in [5.41, 5.74) is 7.89. The molecule has 0 spiro atoms. The summed E-state index contributed by atoms with van der Waals surface area (Å²) in [4.78, 5) is 0. The lowest BCUT2D eigenvalue weighted by molar-refractivity contribution is -0.0977. The third-order valence-electron chi connectivity index (χ3n) is 4.33. The van der Waals surface area contributed by atoms with E-state index >= 15 is 0 Å². The number of nitrogen functional groups attached to an aromatic ring is 1. The predicted molar refractivity (Wildman–Crippen MR) is 78.3 cm³/mol. The first-order valence-electron chi connectivity index (χ1n) is 7.12. The van der Waals surface area contributed by atoms with Gasteiger partial charge in [-0.3, -0.25) is 0 Å². The molecular weight excluding hydrogens is 240 g/mol. The second-order valence-electron chi connectivity index (χ2n) is 5.86. The zero-order chi connectivity index (χ0) is 14.2. The molecule has 3 N–H and O–H groups in total. The molecule has 0 aliphatic heterocycles. The maximum atomic E-state index is 6.11. The number of aryl methyl sites for hydroxylation is 2. The molecule has 0 radical (unpaired) electrons. The van der Waals surface area contributed by atoms with Crippen molar-refractivity contribution in [3.63, 3.8) is 0 Å². The van der Waals surface area contributed by atoms with Crippen molar-refractivity contribution in [1.29, 1.82) is 0 Å². The molecule has 5 nitrogen and oxygen atoms in total. The summed E-state index contributed by atoms with van der Waals surface area (Å²) in [6.07, 6.45) is 1.35. The first-order chi connectivity index (χ1) is 8.91. The summed E-state index contributed by atoms with van der Waals surface area (Å²) in [6.45, 7) is 12.1. The van der Waals surface area contributed by atoms with Gasteiger partial charge in [-0.2, -0.15) is 5.10 Å². The number of aromatic nitrogens is 2. The van der Waals surface area contributed by atoms with E-state index in [0.29, 0.717) is 12.1 Å². The Hall–Kier alpha value is -1.23. The van der Waals surface area contributed by atoms with Crippen LogP contribution in [-0.2, 0) is 11.3 Å². The minimum absolute atomic E-state index is 0.124. The van der Waals surface area contributed by atoms with Crippen LogP contribution in [0.3, 0.4) is 0 Å². The van der Waals surface area contributed by atoms with Crippen molar-refractivity contribution < 1.29 is 4.74 Å². The minimum Gasteiger partial charge on any atom is -0.394 e. The Morgan fingerprint density at radius 2 is 2.16 bits per heavy atom. The standard InChI is InChI=1S/C14H26N4O/c1-6-18-13(12(15)9(3)17-18)16-10-8-11(19-7-2)14(10,4)5/h10-11,16H,6-8,15H2,1-5H3. The largest absolute Gasteiger partial charge is 0.394 e. The fourth-order valence-electron chi connectivity index (χ4n) is 2.76. The fraction of sp³-hybridized carbons (Fsp3) is 0.786. The van der Waals surface area contributed by atoms with E-state index in [2.05, 4.69) is 31.2 Å². The van der Waals surface area contributed by atoms with Crippen LogP contribution in [0.5, 0.6) is 0 Å².